The molecule has 4 nitrogen and oxygen atoms in total. The summed E-state index contributed by atoms with van der Waals surface area (Å²) in [5, 5.41) is 5.86. The summed E-state index contributed by atoms with van der Waals surface area (Å²) in [4.78, 5) is 3.65. The van der Waals surface area contributed by atoms with Crippen molar-refractivity contribution in [2.24, 2.45) is 0 Å². The highest BCUT2D eigenvalue weighted by molar-refractivity contribution is 5.58. The zero-order valence-electron chi connectivity index (χ0n) is 8.37. The van der Waals surface area contributed by atoms with Crippen molar-refractivity contribution in [3.63, 3.8) is 0 Å². The minimum Gasteiger partial charge on any atom is -0.399 e. The molecule has 2 aromatic rings. The van der Waals surface area contributed by atoms with Gasteiger partial charge in [-0.1, -0.05) is 0 Å². The number of alkyl halides is 2. The van der Waals surface area contributed by atoms with Crippen molar-refractivity contribution < 1.29 is 17.9 Å². The molecule has 3 N–H and O–H groups in total. The first kappa shape index (κ1) is 12.9. The second-order valence-corrected chi connectivity index (χ2v) is 2.97. The molecule has 0 bridgehead atoms. The maximum absolute atomic E-state index is 12.2. The van der Waals surface area contributed by atoms with Gasteiger partial charge in [-0.2, -0.15) is 5.10 Å². The van der Waals surface area contributed by atoms with Gasteiger partial charge in [0.05, 0.1) is 0 Å². The maximum atomic E-state index is 12.2. The van der Waals surface area contributed by atoms with Crippen LogP contribution in [0.2, 0.25) is 0 Å². The highest BCUT2D eigenvalue weighted by atomic mass is 20.0. The van der Waals surface area contributed by atoms with Crippen molar-refractivity contribution in [2.45, 2.75) is 6.43 Å². The standard InChI is InChI=1S/C9H8F2N4.F2/c10-7(11)9-13-8(14-15-9)5-1-3-6(12)4-2-5;1-2/h1-4,7H,12H2,(H,13,14,15);. The van der Waals surface area contributed by atoms with E-state index in [4.69, 9.17) is 14.9 Å². The molecule has 0 spiro atoms. The Morgan fingerprint density at radius 1 is 1.12 bits per heavy atom. The third kappa shape index (κ3) is 3.16. The zero-order chi connectivity index (χ0) is 12.8. The molecule has 0 saturated carbocycles. The molecule has 1 aromatic heterocycles. The van der Waals surface area contributed by atoms with E-state index >= 15 is 0 Å². The van der Waals surface area contributed by atoms with Crippen LogP contribution >= 0.6 is 0 Å². The van der Waals surface area contributed by atoms with E-state index in [0.717, 1.165) is 0 Å². The van der Waals surface area contributed by atoms with Gasteiger partial charge < -0.3 is 5.73 Å². The number of nitrogens with two attached hydrogens (primary N) is 1. The van der Waals surface area contributed by atoms with E-state index in [9.17, 15) is 8.78 Å². The smallest absolute Gasteiger partial charge is 0.296 e. The van der Waals surface area contributed by atoms with Gasteiger partial charge in [0.1, 0.15) is 0 Å². The zero-order valence-corrected chi connectivity index (χ0v) is 8.37. The Balaban J connectivity index is 0.000000686. The molecule has 0 unspecified atom stereocenters. The SMILES string of the molecule is FF.Nc1ccc(-c2n[nH]c(C(F)F)n2)cc1. The Hall–Kier alpha value is -2.12. The van der Waals surface area contributed by atoms with Gasteiger partial charge in [-0.05, 0) is 24.3 Å². The number of benzene rings is 1. The molecule has 8 heteroatoms. The molecule has 0 amide bonds. The molecule has 0 aliphatic heterocycles. The van der Waals surface area contributed by atoms with Crippen LogP contribution in [0.25, 0.3) is 11.4 Å². The van der Waals surface area contributed by atoms with Crippen LogP contribution in [0.5, 0.6) is 0 Å². The van der Waals surface area contributed by atoms with Gasteiger partial charge in [0, 0.05) is 20.4 Å². The van der Waals surface area contributed by atoms with Gasteiger partial charge in [0.15, 0.2) is 11.6 Å². The molecular weight excluding hydrogens is 240 g/mol. The summed E-state index contributed by atoms with van der Waals surface area (Å²) in [6, 6.07) is 6.67. The molecule has 0 aliphatic rings. The fraction of sp³-hybridized carbons (Fsp3) is 0.111. The van der Waals surface area contributed by atoms with Crippen LogP contribution in [0, 0.1) is 0 Å². The molecule has 17 heavy (non-hydrogen) atoms. The summed E-state index contributed by atoms with van der Waals surface area (Å²) >= 11 is 0. The predicted octanol–water partition coefficient (Wildman–Crippen LogP) is 2.83. The van der Waals surface area contributed by atoms with Gasteiger partial charge in [0.25, 0.3) is 6.43 Å². The van der Waals surface area contributed by atoms with Crippen molar-refractivity contribution in [1.82, 2.24) is 15.2 Å². The number of hydrogen-bond acceptors (Lipinski definition) is 3. The molecule has 1 aromatic carbocycles. The Morgan fingerprint density at radius 3 is 2.18 bits per heavy atom. The van der Waals surface area contributed by atoms with Crippen molar-refractivity contribution in [3.8, 4) is 11.4 Å². The maximum Gasteiger partial charge on any atom is 0.296 e. The lowest BCUT2D eigenvalue weighted by Gasteiger charge is -1.95. The van der Waals surface area contributed by atoms with Gasteiger partial charge in [-0.3, -0.25) is 5.10 Å². The molecule has 92 valence electrons. The van der Waals surface area contributed by atoms with E-state index in [1.54, 1.807) is 24.3 Å². The number of aromatic amines is 1. The average molecular weight is 248 g/mol. The van der Waals surface area contributed by atoms with Crippen LogP contribution in [0.4, 0.5) is 23.6 Å². The number of aromatic nitrogens is 3. The van der Waals surface area contributed by atoms with E-state index in [2.05, 4.69) is 15.2 Å². The van der Waals surface area contributed by atoms with E-state index in [1.807, 2.05) is 0 Å². The van der Waals surface area contributed by atoms with Gasteiger partial charge >= 0.3 is 0 Å². The lowest BCUT2D eigenvalue weighted by atomic mass is 10.2. The number of rotatable bonds is 2. The van der Waals surface area contributed by atoms with Gasteiger partial charge in [-0.15, -0.1) is 0 Å². The lowest BCUT2D eigenvalue weighted by Crippen LogP contribution is -1.87. The summed E-state index contributed by atoms with van der Waals surface area (Å²) in [6.07, 6.45) is -2.64. The Kier molecular flexibility index (Phi) is 4.44. The lowest BCUT2D eigenvalue weighted by molar-refractivity contribution is 0.108. The largest absolute Gasteiger partial charge is 0.399 e. The minimum atomic E-state index is -2.64. The predicted molar refractivity (Wildman–Crippen MR) is 53.4 cm³/mol. The third-order valence-electron chi connectivity index (χ3n) is 1.88. The van der Waals surface area contributed by atoms with Crippen LogP contribution < -0.4 is 5.73 Å². The van der Waals surface area contributed by atoms with Crippen LogP contribution in [0.15, 0.2) is 24.3 Å². The van der Waals surface area contributed by atoms with E-state index < -0.39 is 12.2 Å². The van der Waals surface area contributed by atoms with Crippen LogP contribution in [-0.2, 0) is 0 Å². The van der Waals surface area contributed by atoms with Crippen molar-refractivity contribution >= 4 is 5.69 Å². The second kappa shape index (κ2) is 5.83. The molecule has 2 rings (SSSR count). The molecular formula is C9H8F4N4. The summed E-state index contributed by atoms with van der Waals surface area (Å²) in [5.74, 6) is -0.188. The number of halogens is 4. The number of nitrogen functional groups attached to an aromatic ring is 1. The van der Waals surface area contributed by atoms with Crippen molar-refractivity contribution in [3.05, 3.63) is 30.1 Å². The molecule has 1 heterocycles. The molecule has 0 saturated heterocycles. The van der Waals surface area contributed by atoms with Crippen molar-refractivity contribution in [1.29, 1.82) is 0 Å². The monoisotopic (exact) mass is 248 g/mol. The normalized spacial score (nSPS) is 9.94. The van der Waals surface area contributed by atoms with Gasteiger partial charge in [0.2, 0.25) is 0 Å². The Morgan fingerprint density at radius 2 is 1.71 bits per heavy atom. The molecule has 0 aliphatic carbocycles. The minimum absolute atomic E-state index is 0.241. The third-order valence-corrected chi connectivity index (χ3v) is 1.88. The number of anilines is 1. The molecule has 0 atom stereocenters. The number of nitrogens with one attached hydrogen (secondary N) is 1. The van der Waals surface area contributed by atoms with Crippen molar-refractivity contribution in [2.75, 3.05) is 5.73 Å². The highest BCUT2D eigenvalue weighted by Crippen LogP contribution is 2.19. The fourth-order valence-corrected chi connectivity index (χ4v) is 1.13. The fourth-order valence-electron chi connectivity index (χ4n) is 1.13. The first-order valence-corrected chi connectivity index (χ1v) is 4.37. The number of hydrogen-bond donors (Lipinski definition) is 2. The van der Waals surface area contributed by atoms with E-state index in [1.165, 1.54) is 0 Å². The van der Waals surface area contributed by atoms with Crippen LogP contribution in [0.1, 0.15) is 12.2 Å². The summed E-state index contributed by atoms with van der Waals surface area (Å²) < 4.78 is 40.4. The Bertz CT molecular complexity index is 454. The summed E-state index contributed by atoms with van der Waals surface area (Å²) in [7, 11) is 0. The molecule has 0 radical (unpaired) electrons. The molecule has 0 fully saturated rings. The highest BCUT2D eigenvalue weighted by Gasteiger charge is 2.13. The Labute approximate surface area is 93.3 Å². The van der Waals surface area contributed by atoms with Gasteiger partial charge in [-0.25, -0.2) is 13.8 Å². The quantitative estimate of drug-likeness (QED) is 0.634. The van der Waals surface area contributed by atoms with Crippen LogP contribution in [0.3, 0.4) is 0 Å². The average Bonchev–Trinajstić information content (AvgIpc) is 2.82. The topological polar surface area (TPSA) is 67.6 Å². The first-order chi connectivity index (χ1) is 8.16. The van der Waals surface area contributed by atoms with E-state index in [0.29, 0.717) is 11.3 Å². The summed E-state index contributed by atoms with van der Waals surface area (Å²) in [5.41, 5.74) is 6.74. The summed E-state index contributed by atoms with van der Waals surface area (Å²) in [6.45, 7) is 0. The number of nitrogens with zero attached hydrogens (tertiary/aromatic N) is 2. The first-order valence-electron chi connectivity index (χ1n) is 4.37. The van der Waals surface area contributed by atoms with Crippen LogP contribution in [-0.4, -0.2) is 15.2 Å². The van der Waals surface area contributed by atoms with E-state index in [-0.39, 0.29) is 5.82 Å². The second-order valence-electron chi connectivity index (χ2n) is 2.97. The number of H-pyrrole nitrogens is 1.